The van der Waals surface area contributed by atoms with E-state index in [1.807, 2.05) is 12.4 Å². The lowest BCUT2D eigenvalue weighted by atomic mass is 10.0. The van der Waals surface area contributed by atoms with Gasteiger partial charge in [0.2, 0.25) is 0 Å². The van der Waals surface area contributed by atoms with Crippen molar-refractivity contribution < 1.29 is 9.53 Å². The summed E-state index contributed by atoms with van der Waals surface area (Å²) in [6.07, 6.45) is 10.0. The Hall–Kier alpha value is -2.32. The third kappa shape index (κ3) is 3.42. The van der Waals surface area contributed by atoms with Crippen LogP contribution in [-0.2, 0) is 24.1 Å². The van der Waals surface area contributed by atoms with Crippen molar-refractivity contribution in [2.24, 2.45) is 0 Å². The van der Waals surface area contributed by atoms with Crippen molar-refractivity contribution in [3.05, 3.63) is 39.7 Å². The van der Waals surface area contributed by atoms with Gasteiger partial charge in [-0.3, -0.25) is 4.79 Å². The van der Waals surface area contributed by atoms with Crippen molar-refractivity contribution in [2.75, 3.05) is 13.2 Å². The van der Waals surface area contributed by atoms with Gasteiger partial charge >= 0.3 is 0 Å². The van der Waals surface area contributed by atoms with Crippen molar-refractivity contribution >= 4 is 28.4 Å². The summed E-state index contributed by atoms with van der Waals surface area (Å²) in [4.78, 5) is 27.7. The molecule has 146 valence electrons. The summed E-state index contributed by atoms with van der Waals surface area (Å²) in [7, 11) is 0. The predicted octanol–water partition coefficient (Wildman–Crippen LogP) is 3.05. The number of thiazole rings is 1. The number of rotatable bonds is 4. The molecule has 1 saturated heterocycles. The maximum absolute atomic E-state index is 12.6. The first-order chi connectivity index (χ1) is 13.8. The van der Waals surface area contributed by atoms with Crippen LogP contribution in [0.3, 0.4) is 0 Å². The Morgan fingerprint density at radius 2 is 2.11 bits per heavy atom. The molecule has 1 aliphatic carbocycles. The second-order valence-corrected chi connectivity index (χ2v) is 8.60. The Labute approximate surface area is 167 Å². The Balaban J connectivity index is 1.29. The van der Waals surface area contributed by atoms with Crippen LogP contribution in [0.4, 0.5) is 0 Å². The Kier molecular flexibility index (Phi) is 4.82. The zero-order chi connectivity index (χ0) is 18.9. The van der Waals surface area contributed by atoms with E-state index in [-0.39, 0.29) is 5.91 Å². The maximum Gasteiger partial charge on any atom is 0.253 e. The molecule has 4 heterocycles. The van der Waals surface area contributed by atoms with E-state index in [2.05, 4.69) is 24.8 Å². The normalized spacial score (nSPS) is 17.6. The van der Waals surface area contributed by atoms with Crippen LogP contribution in [0, 0.1) is 0 Å². The number of amides is 1. The van der Waals surface area contributed by atoms with Crippen molar-refractivity contribution in [2.45, 2.75) is 51.1 Å². The lowest BCUT2D eigenvalue weighted by Gasteiger charge is -2.23. The molecule has 0 bridgehead atoms. The summed E-state index contributed by atoms with van der Waals surface area (Å²) in [5, 5.41) is 3.96. The van der Waals surface area contributed by atoms with Gasteiger partial charge in [0, 0.05) is 30.3 Å². The van der Waals surface area contributed by atoms with E-state index in [0.717, 1.165) is 55.1 Å². The summed E-state index contributed by atoms with van der Waals surface area (Å²) < 4.78 is 7.55. The zero-order valence-corrected chi connectivity index (χ0v) is 16.5. The number of aryl methyl sites for hydroxylation is 2. The van der Waals surface area contributed by atoms with Crippen LogP contribution in [0.5, 0.6) is 0 Å². The van der Waals surface area contributed by atoms with Crippen molar-refractivity contribution in [1.82, 2.24) is 24.8 Å². The molecular weight excluding hydrogens is 374 g/mol. The molecule has 0 saturated carbocycles. The number of aromatic nitrogens is 4. The van der Waals surface area contributed by atoms with Crippen LogP contribution in [0.1, 0.15) is 57.7 Å². The van der Waals surface area contributed by atoms with Crippen LogP contribution in [0.2, 0.25) is 0 Å². The molecule has 3 aromatic rings. The quantitative estimate of drug-likeness (QED) is 0.732. The molecule has 1 amide bonds. The number of carbonyl (C=O) groups is 1. The van der Waals surface area contributed by atoms with E-state index in [1.165, 1.54) is 23.4 Å². The Morgan fingerprint density at radius 3 is 2.96 bits per heavy atom. The van der Waals surface area contributed by atoms with Crippen molar-refractivity contribution in [3.63, 3.8) is 0 Å². The van der Waals surface area contributed by atoms with Gasteiger partial charge in [0.1, 0.15) is 10.5 Å². The lowest BCUT2D eigenvalue weighted by Crippen LogP contribution is -2.23. The molecule has 1 aliphatic heterocycles. The third-order valence-electron chi connectivity index (χ3n) is 5.55. The molecule has 8 heteroatoms. The number of nitrogens with one attached hydrogen (secondary N) is 1. The highest BCUT2D eigenvalue weighted by molar-refractivity contribution is 7.11. The first-order valence-corrected chi connectivity index (χ1v) is 10.8. The van der Waals surface area contributed by atoms with Gasteiger partial charge in [-0.05, 0) is 44.6 Å². The van der Waals surface area contributed by atoms with E-state index in [4.69, 9.17) is 4.74 Å². The largest absolute Gasteiger partial charge is 0.381 e. The highest BCUT2D eigenvalue weighted by Gasteiger charge is 2.20. The highest BCUT2D eigenvalue weighted by atomic mass is 32.1. The number of hydrogen-bond donors (Lipinski definition) is 1. The zero-order valence-electron chi connectivity index (χ0n) is 15.7. The van der Waals surface area contributed by atoms with Crippen LogP contribution < -0.4 is 5.32 Å². The molecule has 0 unspecified atom stereocenters. The minimum absolute atomic E-state index is 0.136. The van der Waals surface area contributed by atoms with E-state index in [1.54, 1.807) is 17.5 Å². The van der Waals surface area contributed by atoms with Gasteiger partial charge in [-0.25, -0.2) is 15.0 Å². The molecule has 1 fully saturated rings. The molecular formula is C20H23N5O2S. The summed E-state index contributed by atoms with van der Waals surface area (Å²) in [6.45, 7) is 2.00. The molecule has 28 heavy (non-hydrogen) atoms. The van der Waals surface area contributed by atoms with Crippen LogP contribution in [0.15, 0.2) is 18.6 Å². The summed E-state index contributed by atoms with van der Waals surface area (Å²) >= 11 is 1.73. The molecule has 3 aromatic heterocycles. The van der Waals surface area contributed by atoms with Gasteiger partial charge in [-0.15, -0.1) is 11.3 Å². The molecule has 2 aliphatic rings. The molecule has 5 rings (SSSR count). The minimum atomic E-state index is -0.136. The van der Waals surface area contributed by atoms with E-state index < -0.39 is 0 Å². The number of imidazole rings is 1. The van der Waals surface area contributed by atoms with Crippen LogP contribution in [0.25, 0.3) is 11.2 Å². The van der Waals surface area contributed by atoms with Gasteiger partial charge in [0.05, 0.1) is 24.1 Å². The van der Waals surface area contributed by atoms with Gasteiger partial charge in [0.25, 0.3) is 5.91 Å². The van der Waals surface area contributed by atoms with Gasteiger partial charge < -0.3 is 14.6 Å². The summed E-state index contributed by atoms with van der Waals surface area (Å²) in [5.74, 6) is -0.136. The highest BCUT2D eigenvalue weighted by Crippen LogP contribution is 2.27. The monoisotopic (exact) mass is 397 g/mol. The molecule has 0 radical (unpaired) electrons. The SMILES string of the molecule is O=C(NCc1nc2c(s1)CCCC2)c1cnc2c(c1)ncn2C1CCOCC1. The fraction of sp³-hybridized carbons (Fsp3) is 0.500. The number of hydrogen-bond acceptors (Lipinski definition) is 6. The standard InChI is InChI=1S/C20H23N5O2S/c26-20(22-11-18-24-15-3-1-2-4-17(15)28-18)13-9-16-19(21-10-13)25(12-23-16)14-5-7-27-8-6-14/h9-10,12,14H,1-8,11H2,(H,22,26). The number of carbonyl (C=O) groups excluding carboxylic acids is 1. The molecule has 0 atom stereocenters. The first kappa shape index (κ1) is 17.8. The van der Waals surface area contributed by atoms with Crippen molar-refractivity contribution in [3.8, 4) is 0 Å². The molecule has 0 spiro atoms. The third-order valence-corrected chi connectivity index (χ3v) is 6.71. The number of fused-ring (bicyclic) bond motifs is 2. The number of ether oxygens (including phenoxy) is 1. The number of nitrogens with zero attached hydrogens (tertiary/aromatic N) is 4. The Bertz CT molecular complexity index is 982. The fourth-order valence-corrected chi connectivity index (χ4v) is 5.11. The van der Waals surface area contributed by atoms with Crippen LogP contribution in [-0.4, -0.2) is 38.6 Å². The smallest absolute Gasteiger partial charge is 0.253 e. The molecule has 1 N–H and O–H groups in total. The second-order valence-electron chi connectivity index (χ2n) is 7.43. The first-order valence-electron chi connectivity index (χ1n) is 9.94. The van der Waals surface area contributed by atoms with Gasteiger partial charge in [-0.2, -0.15) is 0 Å². The van der Waals surface area contributed by atoms with Gasteiger partial charge in [-0.1, -0.05) is 0 Å². The van der Waals surface area contributed by atoms with E-state index in [9.17, 15) is 4.79 Å². The summed E-state index contributed by atoms with van der Waals surface area (Å²) in [5.41, 5.74) is 3.34. The van der Waals surface area contributed by atoms with E-state index in [0.29, 0.717) is 18.2 Å². The fourth-order valence-electron chi connectivity index (χ4n) is 4.01. The van der Waals surface area contributed by atoms with Crippen LogP contribution >= 0.6 is 11.3 Å². The Morgan fingerprint density at radius 1 is 1.25 bits per heavy atom. The molecule has 0 aromatic carbocycles. The second kappa shape index (κ2) is 7.60. The van der Waals surface area contributed by atoms with E-state index >= 15 is 0 Å². The molecule has 7 nitrogen and oxygen atoms in total. The maximum atomic E-state index is 12.6. The topological polar surface area (TPSA) is 81.9 Å². The average molecular weight is 398 g/mol. The summed E-state index contributed by atoms with van der Waals surface area (Å²) in [6, 6.07) is 2.18. The van der Waals surface area contributed by atoms with Gasteiger partial charge in [0.15, 0.2) is 5.65 Å². The van der Waals surface area contributed by atoms with Crippen molar-refractivity contribution in [1.29, 1.82) is 0 Å². The number of pyridine rings is 1. The lowest BCUT2D eigenvalue weighted by molar-refractivity contribution is 0.0704. The minimum Gasteiger partial charge on any atom is -0.381 e. The average Bonchev–Trinajstić information content (AvgIpc) is 3.35. The predicted molar refractivity (Wildman–Crippen MR) is 107 cm³/mol.